The molecule has 70 valence electrons. The maximum atomic E-state index is 5.98. The first-order valence-corrected chi connectivity index (χ1v) is 5.25. The van der Waals surface area contributed by atoms with Gasteiger partial charge in [-0.2, -0.15) is 0 Å². The number of rotatable bonds is 2. The van der Waals surface area contributed by atoms with Crippen LogP contribution < -0.4 is 0 Å². The highest BCUT2D eigenvalue weighted by Crippen LogP contribution is 2.30. The van der Waals surface area contributed by atoms with Crippen LogP contribution in [0.4, 0.5) is 0 Å². The Kier molecular flexibility index (Phi) is 3.22. The molecule has 1 aliphatic rings. The Morgan fingerprint density at radius 1 is 1.50 bits per heavy atom. The van der Waals surface area contributed by atoms with E-state index in [0.717, 1.165) is 6.42 Å². The number of hydrogen-bond acceptors (Lipinski definition) is 0. The molecule has 0 N–H and O–H groups in total. The van der Waals surface area contributed by atoms with Crippen LogP contribution in [0.3, 0.4) is 0 Å². The smallest absolute Gasteiger partial charge is 0.0521 e. The van der Waals surface area contributed by atoms with Gasteiger partial charge in [0.2, 0.25) is 0 Å². The quantitative estimate of drug-likeness (QED) is 0.449. The average molecular weight is 187 g/mol. The van der Waals surface area contributed by atoms with Crippen molar-refractivity contribution in [3.8, 4) is 0 Å². The molecular weight excluding hydrogens is 168 g/mol. The maximum absolute atomic E-state index is 5.98. The third-order valence-electron chi connectivity index (χ3n) is 2.35. The first-order valence-electron chi connectivity index (χ1n) is 4.81. The van der Waals surface area contributed by atoms with Crippen molar-refractivity contribution in [2.24, 2.45) is 5.41 Å². The lowest BCUT2D eigenvalue weighted by Gasteiger charge is -2.17. The first-order chi connectivity index (χ1) is 5.47. The lowest BCUT2D eigenvalue weighted by atomic mass is 9.88. The monoisotopic (exact) mass is 186 g/mol. The second kappa shape index (κ2) is 3.83. The lowest BCUT2D eigenvalue weighted by Crippen LogP contribution is -2.04. The molecule has 0 saturated carbocycles. The van der Waals surface area contributed by atoms with Gasteiger partial charge in [-0.05, 0) is 31.1 Å². The van der Waals surface area contributed by atoms with Crippen LogP contribution in [0.15, 0.2) is 11.6 Å². The molecule has 0 saturated heterocycles. The highest BCUT2D eigenvalue weighted by molar-refractivity contribution is 6.22. The summed E-state index contributed by atoms with van der Waals surface area (Å²) in [5.74, 6) is 0. The number of allylic oxidation sites excluding steroid dienone is 2. The van der Waals surface area contributed by atoms with E-state index < -0.39 is 0 Å². The fourth-order valence-electron chi connectivity index (χ4n) is 1.49. The predicted octanol–water partition coefficient (Wildman–Crippen LogP) is 4.14. The molecule has 0 fully saturated rings. The van der Waals surface area contributed by atoms with Crippen molar-refractivity contribution in [2.45, 2.75) is 51.8 Å². The lowest BCUT2D eigenvalue weighted by molar-refractivity contribution is 0.376. The van der Waals surface area contributed by atoms with Crippen molar-refractivity contribution in [1.29, 1.82) is 0 Å². The average Bonchev–Trinajstić information content (AvgIpc) is 2.30. The zero-order chi connectivity index (χ0) is 9.19. The van der Waals surface area contributed by atoms with Crippen molar-refractivity contribution in [3.63, 3.8) is 0 Å². The van der Waals surface area contributed by atoms with Gasteiger partial charge in [0, 0.05) is 0 Å². The van der Waals surface area contributed by atoms with Crippen LogP contribution in [-0.2, 0) is 0 Å². The molecule has 0 spiro atoms. The fraction of sp³-hybridized carbons (Fsp3) is 0.818. The molecule has 12 heavy (non-hydrogen) atoms. The molecule has 0 aromatic heterocycles. The summed E-state index contributed by atoms with van der Waals surface area (Å²) in [4.78, 5) is 0. The molecule has 0 amide bonds. The van der Waals surface area contributed by atoms with E-state index in [0.29, 0.717) is 10.8 Å². The minimum absolute atomic E-state index is 0.319. The van der Waals surface area contributed by atoms with E-state index >= 15 is 0 Å². The van der Waals surface area contributed by atoms with Gasteiger partial charge >= 0.3 is 0 Å². The van der Waals surface area contributed by atoms with E-state index in [9.17, 15) is 0 Å². The molecule has 0 heterocycles. The molecule has 0 nitrogen and oxygen atoms in total. The van der Waals surface area contributed by atoms with Gasteiger partial charge < -0.3 is 0 Å². The molecule has 1 atom stereocenters. The summed E-state index contributed by atoms with van der Waals surface area (Å²) in [6.07, 6.45) is 7.15. The van der Waals surface area contributed by atoms with Crippen molar-refractivity contribution in [2.75, 3.05) is 0 Å². The van der Waals surface area contributed by atoms with E-state index in [1.54, 1.807) is 5.57 Å². The van der Waals surface area contributed by atoms with E-state index in [4.69, 9.17) is 11.6 Å². The number of hydrogen-bond donors (Lipinski definition) is 0. The van der Waals surface area contributed by atoms with E-state index in [1.807, 2.05) is 0 Å². The molecule has 0 aromatic rings. The van der Waals surface area contributed by atoms with Gasteiger partial charge in [-0.25, -0.2) is 0 Å². The van der Waals surface area contributed by atoms with Crippen LogP contribution in [0.25, 0.3) is 0 Å². The molecule has 0 radical (unpaired) electrons. The molecule has 1 rings (SSSR count). The SMILES string of the molecule is CC(C)(C)CCC1=CC(Cl)CC1. The molecule has 1 heteroatoms. The van der Waals surface area contributed by atoms with Crippen molar-refractivity contribution in [1.82, 2.24) is 0 Å². The maximum Gasteiger partial charge on any atom is 0.0521 e. The molecule has 1 unspecified atom stereocenters. The minimum Gasteiger partial charge on any atom is -0.118 e. The second-order valence-corrected chi connectivity index (χ2v) is 5.50. The zero-order valence-corrected chi connectivity index (χ0v) is 9.12. The molecule has 0 bridgehead atoms. The largest absolute Gasteiger partial charge is 0.118 e. The van der Waals surface area contributed by atoms with Gasteiger partial charge in [0.15, 0.2) is 0 Å². The molecular formula is C11H19Cl. The highest BCUT2D eigenvalue weighted by atomic mass is 35.5. The zero-order valence-electron chi connectivity index (χ0n) is 8.36. The first kappa shape index (κ1) is 10.1. The van der Waals surface area contributed by atoms with Crippen LogP contribution >= 0.6 is 11.6 Å². The summed E-state index contributed by atoms with van der Waals surface area (Å²) in [5, 5.41) is 0.319. The third-order valence-corrected chi connectivity index (χ3v) is 2.70. The number of alkyl halides is 1. The van der Waals surface area contributed by atoms with Crippen LogP contribution in [0.5, 0.6) is 0 Å². The summed E-state index contributed by atoms with van der Waals surface area (Å²) < 4.78 is 0. The Morgan fingerprint density at radius 3 is 2.58 bits per heavy atom. The van der Waals surface area contributed by atoms with Gasteiger partial charge in [-0.15, -0.1) is 11.6 Å². The van der Waals surface area contributed by atoms with Crippen molar-refractivity contribution < 1.29 is 0 Å². The van der Waals surface area contributed by atoms with Crippen molar-refractivity contribution >= 4 is 11.6 Å². The van der Waals surface area contributed by atoms with Gasteiger partial charge in [-0.1, -0.05) is 32.4 Å². The minimum atomic E-state index is 0.319. The molecule has 0 aromatic carbocycles. The summed E-state index contributed by atoms with van der Waals surface area (Å²) in [5.41, 5.74) is 2.04. The van der Waals surface area contributed by atoms with E-state index in [-0.39, 0.29) is 0 Å². The van der Waals surface area contributed by atoms with Crippen LogP contribution in [-0.4, -0.2) is 5.38 Å². The topological polar surface area (TPSA) is 0 Å². The Balaban J connectivity index is 2.29. The van der Waals surface area contributed by atoms with E-state index in [2.05, 4.69) is 26.8 Å². The van der Waals surface area contributed by atoms with Gasteiger partial charge in [0.1, 0.15) is 0 Å². The van der Waals surface area contributed by atoms with Crippen LogP contribution in [0.2, 0.25) is 0 Å². The van der Waals surface area contributed by atoms with Gasteiger partial charge in [0.05, 0.1) is 5.38 Å². The Labute approximate surface area is 81.0 Å². The van der Waals surface area contributed by atoms with Crippen LogP contribution in [0, 0.1) is 5.41 Å². The highest BCUT2D eigenvalue weighted by Gasteiger charge is 2.16. The molecule has 0 aliphatic heterocycles. The summed E-state index contributed by atoms with van der Waals surface area (Å²) in [6, 6.07) is 0. The normalized spacial score (nSPS) is 24.3. The van der Waals surface area contributed by atoms with Gasteiger partial charge in [-0.3, -0.25) is 0 Å². The Hall–Kier alpha value is 0.0300. The second-order valence-electron chi connectivity index (χ2n) is 4.94. The fourth-order valence-corrected chi connectivity index (χ4v) is 1.78. The van der Waals surface area contributed by atoms with E-state index in [1.165, 1.54) is 19.3 Å². The summed E-state index contributed by atoms with van der Waals surface area (Å²) in [7, 11) is 0. The summed E-state index contributed by atoms with van der Waals surface area (Å²) in [6.45, 7) is 6.88. The standard InChI is InChI=1S/C11H19Cl/c1-11(2,3)7-6-9-4-5-10(12)8-9/h8,10H,4-7H2,1-3H3. The number of halogens is 1. The Morgan fingerprint density at radius 2 is 2.17 bits per heavy atom. The van der Waals surface area contributed by atoms with Gasteiger partial charge in [0.25, 0.3) is 0 Å². The third kappa shape index (κ3) is 3.62. The molecule has 1 aliphatic carbocycles. The predicted molar refractivity (Wildman–Crippen MR) is 55.6 cm³/mol. The summed E-state index contributed by atoms with van der Waals surface area (Å²) >= 11 is 5.98. The Bertz CT molecular complexity index is 174. The van der Waals surface area contributed by atoms with Crippen molar-refractivity contribution in [3.05, 3.63) is 11.6 Å². The van der Waals surface area contributed by atoms with Crippen LogP contribution in [0.1, 0.15) is 46.5 Å².